The molecule has 2 heterocycles. The van der Waals surface area contributed by atoms with E-state index < -0.39 is 14.6 Å². The molecular weight excluding hydrogens is 515 g/mol. The van der Waals surface area contributed by atoms with E-state index in [4.69, 9.17) is 4.74 Å². The fourth-order valence-corrected chi connectivity index (χ4v) is 4.61. The Hall–Kier alpha value is -1.88. The predicted octanol–water partition coefficient (Wildman–Crippen LogP) is 2.86. The summed E-state index contributed by atoms with van der Waals surface area (Å²) in [6.45, 7) is 5.28. The Labute approximate surface area is 195 Å². The molecule has 0 bridgehead atoms. The molecule has 0 spiro atoms. The SMILES string of the molecule is CN=C(NCc1cccnc1OCc1ccccc1)N1CCS(=O)(=O)C(C)(C)C1.I. The van der Waals surface area contributed by atoms with Crippen molar-refractivity contribution in [3.05, 3.63) is 59.8 Å². The molecule has 2 aromatic rings. The topological polar surface area (TPSA) is 83.9 Å². The first kappa shape index (κ1) is 24.4. The molecule has 0 aliphatic carbocycles. The summed E-state index contributed by atoms with van der Waals surface area (Å²) in [5.41, 5.74) is 1.98. The Bertz CT molecular complexity index is 965. The monoisotopic (exact) mass is 544 g/mol. The number of ether oxygens (including phenoxy) is 1. The Balaban J connectivity index is 0.00000320. The first-order valence-electron chi connectivity index (χ1n) is 9.61. The summed E-state index contributed by atoms with van der Waals surface area (Å²) in [4.78, 5) is 10.7. The van der Waals surface area contributed by atoms with Crippen LogP contribution in [0, 0.1) is 0 Å². The highest BCUT2D eigenvalue weighted by molar-refractivity contribution is 14.0. The van der Waals surface area contributed by atoms with Crippen molar-refractivity contribution < 1.29 is 13.2 Å². The van der Waals surface area contributed by atoms with Crippen molar-refractivity contribution in [1.29, 1.82) is 0 Å². The van der Waals surface area contributed by atoms with E-state index in [1.165, 1.54) is 0 Å². The lowest BCUT2D eigenvalue weighted by molar-refractivity contribution is 0.289. The smallest absolute Gasteiger partial charge is 0.218 e. The van der Waals surface area contributed by atoms with Crippen molar-refractivity contribution in [2.75, 3.05) is 25.9 Å². The predicted molar refractivity (Wildman–Crippen MR) is 130 cm³/mol. The number of aliphatic imine (C=N–C) groups is 1. The summed E-state index contributed by atoms with van der Waals surface area (Å²) in [5, 5.41) is 3.32. The number of benzene rings is 1. The van der Waals surface area contributed by atoms with E-state index in [0.29, 0.717) is 38.1 Å². The summed E-state index contributed by atoms with van der Waals surface area (Å²) in [5.74, 6) is 1.37. The molecule has 164 valence electrons. The summed E-state index contributed by atoms with van der Waals surface area (Å²) in [6.07, 6.45) is 1.71. The van der Waals surface area contributed by atoms with Gasteiger partial charge in [-0.05, 0) is 25.5 Å². The van der Waals surface area contributed by atoms with Crippen LogP contribution in [-0.2, 0) is 23.0 Å². The number of rotatable bonds is 5. The summed E-state index contributed by atoms with van der Waals surface area (Å²) in [7, 11) is -1.39. The van der Waals surface area contributed by atoms with Gasteiger partial charge in [-0.2, -0.15) is 0 Å². The third kappa shape index (κ3) is 5.84. The Morgan fingerprint density at radius 3 is 2.63 bits per heavy atom. The zero-order valence-corrected chi connectivity index (χ0v) is 20.7. The molecule has 30 heavy (non-hydrogen) atoms. The van der Waals surface area contributed by atoms with Crippen molar-refractivity contribution in [1.82, 2.24) is 15.2 Å². The van der Waals surface area contributed by atoms with E-state index in [9.17, 15) is 8.42 Å². The molecule has 0 unspecified atom stereocenters. The molecule has 9 heteroatoms. The molecule has 0 atom stereocenters. The number of hydrogen-bond acceptors (Lipinski definition) is 5. The van der Waals surface area contributed by atoms with Gasteiger partial charge in [-0.3, -0.25) is 4.99 Å². The van der Waals surface area contributed by atoms with Crippen LogP contribution >= 0.6 is 24.0 Å². The van der Waals surface area contributed by atoms with Crippen LogP contribution in [0.15, 0.2) is 53.7 Å². The second kappa shape index (κ2) is 10.4. The maximum absolute atomic E-state index is 12.3. The van der Waals surface area contributed by atoms with E-state index in [1.54, 1.807) is 27.1 Å². The average molecular weight is 544 g/mol. The average Bonchev–Trinajstić information content (AvgIpc) is 2.71. The fourth-order valence-electron chi connectivity index (χ4n) is 3.25. The summed E-state index contributed by atoms with van der Waals surface area (Å²) >= 11 is 0. The summed E-state index contributed by atoms with van der Waals surface area (Å²) in [6, 6.07) is 13.8. The highest BCUT2D eigenvalue weighted by Crippen LogP contribution is 2.24. The Morgan fingerprint density at radius 2 is 1.97 bits per heavy atom. The second-order valence-electron chi connectivity index (χ2n) is 7.64. The van der Waals surface area contributed by atoms with Gasteiger partial charge in [-0.15, -0.1) is 24.0 Å². The molecule has 1 N–H and O–H groups in total. The van der Waals surface area contributed by atoms with Gasteiger partial charge in [0.05, 0.1) is 10.5 Å². The van der Waals surface area contributed by atoms with E-state index >= 15 is 0 Å². The van der Waals surface area contributed by atoms with Crippen LogP contribution in [0.25, 0.3) is 0 Å². The largest absolute Gasteiger partial charge is 0.473 e. The number of nitrogens with one attached hydrogen (secondary N) is 1. The normalized spacial score (nSPS) is 17.7. The quantitative estimate of drug-likeness (QED) is 0.354. The maximum Gasteiger partial charge on any atom is 0.218 e. The molecule has 1 saturated heterocycles. The second-order valence-corrected chi connectivity index (χ2v) is 10.4. The van der Waals surface area contributed by atoms with Gasteiger partial charge in [-0.25, -0.2) is 13.4 Å². The van der Waals surface area contributed by atoms with Gasteiger partial charge in [0.25, 0.3) is 0 Å². The standard InChI is InChI=1S/C21H28N4O3S.HI/c1-21(2)16-25(12-13-29(21,26)27)20(22-3)24-14-18-10-7-11-23-19(18)28-15-17-8-5-4-6-9-17;/h4-11H,12-16H2,1-3H3,(H,22,24);1H. The van der Waals surface area contributed by atoms with E-state index in [-0.39, 0.29) is 29.7 Å². The van der Waals surface area contributed by atoms with Crippen molar-refractivity contribution in [3.63, 3.8) is 0 Å². The molecule has 1 aromatic heterocycles. The fraction of sp³-hybridized carbons (Fsp3) is 0.429. The number of pyridine rings is 1. The summed E-state index contributed by atoms with van der Waals surface area (Å²) < 4.78 is 29.6. The molecule has 0 saturated carbocycles. The third-order valence-electron chi connectivity index (χ3n) is 5.06. The maximum atomic E-state index is 12.3. The molecule has 1 aromatic carbocycles. The number of sulfone groups is 1. The van der Waals surface area contributed by atoms with Gasteiger partial charge in [0, 0.05) is 38.4 Å². The first-order chi connectivity index (χ1) is 13.8. The lowest BCUT2D eigenvalue weighted by Gasteiger charge is -2.39. The van der Waals surface area contributed by atoms with Gasteiger partial charge < -0.3 is 15.0 Å². The first-order valence-corrected chi connectivity index (χ1v) is 11.3. The molecule has 0 amide bonds. The number of halogens is 1. The van der Waals surface area contributed by atoms with E-state index in [1.807, 2.05) is 47.4 Å². The molecule has 3 rings (SSSR count). The van der Waals surface area contributed by atoms with Crippen LogP contribution in [0.5, 0.6) is 5.88 Å². The van der Waals surface area contributed by atoms with Crippen LogP contribution in [0.4, 0.5) is 0 Å². The van der Waals surface area contributed by atoms with Gasteiger partial charge in [0.15, 0.2) is 15.8 Å². The molecule has 1 aliphatic heterocycles. The Kier molecular flexibility index (Phi) is 8.48. The van der Waals surface area contributed by atoms with Gasteiger partial charge in [0.1, 0.15) is 6.61 Å². The minimum atomic E-state index is -3.10. The molecule has 0 radical (unpaired) electrons. The van der Waals surface area contributed by atoms with Gasteiger partial charge in [0.2, 0.25) is 5.88 Å². The zero-order valence-electron chi connectivity index (χ0n) is 17.5. The van der Waals surface area contributed by atoms with E-state index in [2.05, 4.69) is 15.3 Å². The highest BCUT2D eigenvalue weighted by Gasteiger charge is 2.40. The minimum Gasteiger partial charge on any atom is -0.473 e. The van der Waals surface area contributed by atoms with Crippen molar-refractivity contribution in [2.24, 2.45) is 4.99 Å². The molecule has 1 aliphatic rings. The van der Waals surface area contributed by atoms with Crippen LogP contribution in [0.1, 0.15) is 25.0 Å². The number of hydrogen-bond donors (Lipinski definition) is 1. The minimum absolute atomic E-state index is 0. The zero-order chi connectivity index (χ0) is 20.9. The van der Waals surface area contributed by atoms with Crippen LogP contribution in [0.3, 0.4) is 0 Å². The number of aromatic nitrogens is 1. The lowest BCUT2D eigenvalue weighted by Crippen LogP contribution is -2.57. The van der Waals surface area contributed by atoms with Crippen molar-refractivity contribution in [2.45, 2.75) is 31.7 Å². The lowest BCUT2D eigenvalue weighted by atomic mass is 10.2. The molecule has 1 fully saturated rings. The third-order valence-corrected chi connectivity index (χ3v) is 7.59. The van der Waals surface area contributed by atoms with Crippen molar-refractivity contribution >= 4 is 39.8 Å². The number of nitrogens with zero attached hydrogens (tertiary/aromatic N) is 3. The highest BCUT2D eigenvalue weighted by atomic mass is 127. The Morgan fingerprint density at radius 1 is 1.23 bits per heavy atom. The van der Waals surface area contributed by atoms with Crippen molar-refractivity contribution in [3.8, 4) is 5.88 Å². The molecular formula is C21H29IN4O3S. The molecule has 7 nitrogen and oxygen atoms in total. The van der Waals surface area contributed by atoms with Gasteiger partial charge >= 0.3 is 0 Å². The van der Waals surface area contributed by atoms with Crippen LogP contribution in [0.2, 0.25) is 0 Å². The van der Waals surface area contributed by atoms with Crippen LogP contribution in [-0.4, -0.2) is 54.9 Å². The van der Waals surface area contributed by atoms with Crippen LogP contribution < -0.4 is 10.1 Å². The number of guanidine groups is 1. The van der Waals surface area contributed by atoms with Gasteiger partial charge in [-0.1, -0.05) is 36.4 Å². The van der Waals surface area contributed by atoms with E-state index in [0.717, 1.165) is 11.1 Å².